The average Bonchev–Trinajstić information content (AvgIpc) is 2.53. The standard InChI is InChI=1S/C18H22N2O2/c1-13-8-7-11-19-17(13)20(12-14(2)18(21)22)15(3)16-9-5-4-6-10-16/h4-11,14-15H,12H2,1-3H3,(H,21,22). The van der Waals surface area contributed by atoms with Crippen LogP contribution < -0.4 is 4.90 Å². The summed E-state index contributed by atoms with van der Waals surface area (Å²) in [6.07, 6.45) is 1.75. The normalized spacial score (nSPS) is 13.4. The highest BCUT2D eigenvalue weighted by molar-refractivity contribution is 5.70. The molecule has 0 spiro atoms. The van der Waals surface area contributed by atoms with Crippen LogP contribution in [0.1, 0.15) is 31.0 Å². The maximum atomic E-state index is 11.3. The zero-order valence-electron chi connectivity index (χ0n) is 13.2. The van der Waals surface area contributed by atoms with Crippen molar-refractivity contribution < 1.29 is 9.90 Å². The van der Waals surface area contributed by atoms with Crippen LogP contribution in [0.15, 0.2) is 48.7 Å². The van der Waals surface area contributed by atoms with Crippen molar-refractivity contribution in [1.29, 1.82) is 0 Å². The summed E-state index contributed by atoms with van der Waals surface area (Å²) in [4.78, 5) is 17.8. The lowest BCUT2D eigenvalue weighted by molar-refractivity contribution is -0.140. The van der Waals surface area contributed by atoms with Crippen LogP contribution in [0.4, 0.5) is 5.82 Å². The monoisotopic (exact) mass is 298 g/mol. The van der Waals surface area contributed by atoms with Crippen LogP contribution in [0.25, 0.3) is 0 Å². The van der Waals surface area contributed by atoms with Gasteiger partial charge in [-0.05, 0) is 31.0 Å². The molecule has 0 aliphatic carbocycles. The molecule has 0 radical (unpaired) electrons. The zero-order valence-corrected chi connectivity index (χ0v) is 13.2. The first kappa shape index (κ1) is 16.0. The molecule has 0 fully saturated rings. The average molecular weight is 298 g/mol. The first-order valence-electron chi connectivity index (χ1n) is 7.46. The number of benzene rings is 1. The maximum absolute atomic E-state index is 11.3. The zero-order chi connectivity index (χ0) is 16.1. The van der Waals surface area contributed by atoms with Crippen molar-refractivity contribution in [3.8, 4) is 0 Å². The fourth-order valence-corrected chi connectivity index (χ4v) is 2.49. The van der Waals surface area contributed by atoms with E-state index in [1.54, 1.807) is 13.1 Å². The van der Waals surface area contributed by atoms with Crippen molar-refractivity contribution in [1.82, 2.24) is 4.98 Å². The second kappa shape index (κ2) is 7.07. The Balaban J connectivity index is 2.37. The van der Waals surface area contributed by atoms with Crippen LogP contribution in [0.3, 0.4) is 0 Å². The Morgan fingerprint density at radius 2 is 1.86 bits per heavy atom. The predicted octanol–water partition coefficient (Wildman–Crippen LogP) is 3.68. The number of aromatic nitrogens is 1. The molecule has 0 aliphatic rings. The van der Waals surface area contributed by atoms with Crippen LogP contribution >= 0.6 is 0 Å². The minimum atomic E-state index is -0.793. The molecule has 4 nitrogen and oxygen atoms in total. The molecule has 4 heteroatoms. The van der Waals surface area contributed by atoms with Gasteiger partial charge in [-0.2, -0.15) is 0 Å². The Morgan fingerprint density at radius 1 is 1.18 bits per heavy atom. The van der Waals surface area contributed by atoms with Crippen LogP contribution in [-0.4, -0.2) is 22.6 Å². The summed E-state index contributed by atoms with van der Waals surface area (Å²) in [6.45, 7) is 6.23. The highest BCUT2D eigenvalue weighted by atomic mass is 16.4. The van der Waals surface area contributed by atoms with E-state index in [-0.39, 0.29) is 6.04 Å². The van der Waals surface area contributed by atoms with Gasteiger partial charge in [-0.3, -0.25) is 4.79 Å². The number of aliphatic carboxylic acids is 1. The van der Waals surface area contributed by atoms with Gasteiger partial charge in [0.2, 0.25) is 0 Å². The molecule has 2 aromatic rings. The topological polar surface area (TPSA) is 53.4 Å². The molecule has 1 aromatic carbocycles. The smallest absolute Gasteiger partial charge is 0.308 e. The van der Waals surface area contributed by atoms with Crippen molar-refractivity contribution >= 4 is 11.8 Å². The van der Waals surface area contributed by atoms with Crippen molar-refractivity contribution in [2.24, 2.45) is 5.92 Å². The lowest BCUT2D eigenvalue weighted by atomic mass is 10.0. The molecular weight excluding hydrogens is 276 g/mol. The van der Waals surface area contributed by atoms with Crippen LogP contribution in [0.5, 0.6) is 0 Å². The first-order valence-corrected chi connectivity index (χ1v) is 7.46. The molecule has 2 rings (SSSR count). The van der Waals surface area contributed by atoms with Gasteiger partial charge in [0.05, 0.1) is 12.0 Å². The summed E-state index contributed by atoms with van der Waals surface area (Å²) < 4.78 is 0. The Bertz CT molecular complexity index is 628. The molecule has 22 heavy (non-hydrogen) atoms. The minimum absolute atomic E-state index is 0.0524. The number of hydrogen-bond acceptors (Lipinski definition) is 3. The lowest BCUT2D eigenvalue weighted by Gasteiger charge is -2.33. The van der Waals surface area contributed by atoms with Gasteiger partial charge >= 0.3 is 5.97 Å². The fraction of sp³-hybridized carbons (Fsp3) is 0.333. The SMILES string of the molecule is Cc1cccnc1N(CC(C)C(=O)O)C(C)c1ccccc1. The molecule has 0 aliphatic heterocycles. The molecule has 1 aromatic heterocycles. The van der Waals surface area contributed by atoms with Crippen molar-refractivity contribution in [3.63, 3.8) is 0 Å². The Kier molecular flexibility index (Phi) is 5.15. The van der Waals surface area contributed by atoms with Crippen molar-refractivity contribution in [2.45, 2.75) is 26.8 Å². The summed E-state index contributed by atoms with van der Waals surface area (Å²) >= 11 is 0. The molecule has 0 amide bonds. The van der Waals surface area contributed by atoms with E-state index in [9.17, 15) is 9.90 Å². The molecule has 2 atom stereocenters. The van der Waals surface area contributed by atoms with Gasteiger partial charge in [0.25, 0.3) is 0 Å². The van der Waals surface area contributed by atoms with Gasteiger partial charge in [0.1, 0.15) is 5.82 Å². The van der Waals surface area contributed by atoms with Crippen LogP contribution in [0, 0.1) is 12.8 Å². The number of anilines is 1. The van der Waals surface area contributed by atoms with E-state index >= 15 is 0 Å². The summed E-state index contributed by atoms with van der Waals surface area (Å²) in [5.41, 5.74) is 2.19. The largest absolute Gasteiger partial charge is 0.481 e. The summed E-state index contributed by atoms with van der Waals surface area (Å²) in [5.74, 6) is -0.418. The molecule has 2 unspecified atom stereocenters. The van der Waals surface area contributed by atoms with Gasteiger partial charge in [0, 0.05) is 12.7 Å². The minimum Gasteiger partial charge on any atom is -0.481 e. The molecular formula is C18H22N2O2. The van der Waals surface area contributed by atoms with Gasteiger partial charge in [0.15, 0.2) is 0 Å². The third kappa shape index (κ3) is 3.64. The van der Waals surface area contributed by atoms with E-state index in [1.807, 2.05) is 37.3 Å². The third-order valence-electron chi connectivity index (χ3n) is 3.90. The van der Waals surface area contributed by atoms with Crippen LogP contribution in [-0.2, 0) is 4.79 Å². The fourth-order valence-electron chi connectivity index (χ4n) is 2.49. The number of carboxylic acids is 1. The number of carbonyl (C=O) groups is 1. The highest BCUT2D eigenvalue weighted by Gasteiger charge is 2.23. The van der Waals surface area contributed by atoms with E-state index in [4.69, 9.17) is 0 Å². The molecule has 116 valence electrons. The number of nitrogens with zero attached hydrogens (tertiary/aromatic N) is 2. The second-order valence-electron chi connectivity index (χ2n) is 5.62. The summed E-state index contributed by atoms with van der Waals surface area (Å²) in [5, 5.41) is 9.25. The number of hydrogen-bond donors (Lipinski definition) is 1. The van der Waals surface area contributed by atoms with E-state index in [0.29, 0.717) is 6.54 Å². The summed E-state index contributed by atoms with van der Waals surface area (Å²) in [7, 11) is 0. The quantitative estimate of drug-likeness (QED) is 0.884. The van der Waals surface area contributed by atoms with Crippen molar-refractivity contribution in [3.05, 3.63) is 59.8 Å². The van der Waals surface area contributed by atoms with Gasteiger partial charge in [-0.1, -0.05) is 43.3 Å². The summed E-state index contributed by atoms with van der Waals surface area (Å²) in [6, 6.07) is 14.0. The van der Waals surface area contributed by atoms with Crippen molar-refractivity contribution in [2.75, 3.05) is 11.4 Å². The molecule has 0 saturated carbocycles. The molecule has 0 bridgehead atoms. The van der Waals surface area contributed by atoms with Crippen LogP contribution in [0.2, 0.25) is 0 Å². The molecule has 1 N–H and O–H groups in total. The number of carboxylic acid groups (broad SMARTS) is 1. The predicted molar refractivity (Wildman–Crippen MR) is 88.0 cm³/mol. The van der Waals surface area contributed by atoms with Gasteiger partial charge in [-0.25, -0.2) is 4.98 Å². The Hall–Kier alpha value is -2.36. The number of rotatable bonds is 6. The maximum Gasteiger partial charge on any atom is 0.308 e. The first-order chi connectivity index (χ1) is 10.5. The van der Waals surface area contributed by atoms with Gasteiger partial charge in [-0.15, -0.1) is 0 Å². The lowest BCUT2D eigenvalue weighted by Crippen LogP contribution is -2.35. The molecule has 0 saturated heterocycles. The number of aryl methyl sites for hydroxylation is 1. The Morgan fingerprint density at radius 3 is 2.45 bits per heavy atom. The second-order valence-corrected chi connectivity index (χ2v) is 5.62. The van der Waals surface area contributed by atoms with E-state index in [0.717, 1.165) is 16.9 Å². The molecule has 1 heterocycles. The highest BCUT2D eigenvalue weighted by Crippen LogP contribution is 2.28. The third-order valence-corrected chi connectivity index (χ3v) is 3.90. The van der Waals surface area contributed by atoms with E-state index in [1.165, 1.54) is 0 Å². The van der Waals surface area contributed by atoms with E-state index < -0.39 is 11.9 Å². The van der Waals surface area contributed by atoms with E-state index in [2.05, 4.69) is 28.9 Å². The van der Waals surface area contributed by atoms with Gasteiger partial charge < -0.3 is 10.0 Å². The Labute approximate surface area is 131 Å². The number of pyridine rings is 1.